The van der Waals surface area contributed by atoms with Crippen molar-refractivity contribution >= 4 is 44.0 Å². The van der Waals surface area contributed by atoms with Crippen molar-refractivity contribution < 1.29 is 17.6 Å². The molecule has 4 aromatic rings. The maximum atomic E-state index is 13.0. The van der Waals surface area contributed by atoms with E-state index >= 15 is 0 Å². The number of hydrogen-bond donors (Lipinski definition) is 2. The number of sulfonamides is 1. The fraction of sp³-hybridized carbons (Fsp3) is 0.100. The smallest absolute Gasteiger partial charge is 0.243 e. The lowest BCUT2D eigenvalue weighted by atomic mass is 10.3. The van der Waals surface area contributed by atoms with Crippen LogP contribution in [0.4, 0.5) is 10.1 Å². The standard InChI is InChI=1S/C20H17FN4O3S2/c1-25(30(27,28)15-7-4-13(21)5-8-15)12-19(26)22-14-6-9-16-17(11-14)24-20(23-16)18-3-2-10-29-18/h2-11H,12H2,1H3,(H,22,26)(H,23,24). The van der Waals surface area contributed by atoms with Gasteiger partial charge < -0.3 is 10.3 Å². The molecular weight excluding hydrogens is 427 g/mol. The number of rotatable bonds is 6. The predicted octanol–water partition coefficient (Wildman–Crippen LogP) is 3.69. The normalized spacial score (nSPS) is 11.8. The summed E-state index contributed by atoms with van der Waals surface area (Å²) in [6.45, 7) is -0.388. The molecule has 2 N–H and O–H groups in total. The van der Waals surface area contributed by atoms with Gasteiger partial charge in [-0.05, 0) is 53.9 Å². The summed E-state index contributed by atoms with van der Waals surface area (Å²) in [5.41, 5.74) is 2.03. The summed E-state index contributed by atoms with van der Waals surface area (Å²) in [5.74, 6) is -0.292. The lowest BCUT2D eigenvalue weighted by molar-refractivity contribution is -0.116. The number of imidazole rings is 1. The summed E-state index contributed by atoms with van der Waals surface area (Å²) in [4.78, 5) is 21.0. The third-order valence-corrected chi connectivity index (χ3v) is 7.10. The van der Waals surface area contributed by atoms with Gasteiger partial charge in [0.25, 0.3) is 0 Å². The molecule has 7 nitrogen and oxygen atoms in total. The number of aromatic nitrogens is 2. The molecule has 10 heteroatoms. The second kappa shape index (κ2) is 7.98. The first kappa shape index (κ1) is 20.2. The summed E-state index contributed by atoms with van der Waals surface area (Å²) < 4.78 is 39.0. The number of nitrogens with zero attached hydrogens (tertiary/aromatic N) is 2. The lowest BCUT2D eigenvalue weighted by Crippen LogP contribution is -2.34. The Kier molecular flexibility index (Phi) is 5.37. The molecule has 0 aliphatic rings. The van der Waals surface area contributed by atoms with Gasteiger partial charge >= 0.3 is 0 Å². The molecule has 0 saturated heterocycles. The second-order valence-corrected chi connectivity index (χ2v) is 9.55. The highest BCUT2D eigenvalue weighted by Gasteiger charge is 2.23. The number of amides is 1. The van der Waals surface area contributed by atoms with E-state index in [1.54, 1.807) is 29.5 Å². The Morgan fingerprint density at radius 3 is 2.67 bits per heavy atom. The number of aromatic amines is 1. The number of carbonyl (C=O) groups excluding carboxylic acids is 1. The van der Waals surface area contributed by atoms with E-state index in [-0.39, 0.29) is 11.4 Å². The minimum Gasteiger partial charge on any atom is -0.337 e. The van der Waals surface area contributed by atoms with Crippen LogP contribution in [0.1, 0.15) is 0 Å². The van der Waals surface area contributed by atoms with Crippen molar-refractivity contribution in [1.82, 2.24) is 14.3 Å². The van der Waals surface area contributed by atoms with Crippen LogP contribution in [0.5, 0.6) is 0 Å². The molecule has 30 heavy (non-hydrogen) atoms. The van der Waals surface area contributed by atoms with Crippen LogP contribution < -0.4 is 5.32 Å². The van der Waals surface area contributed by atoms with E-state index in [4.69, 9.17) is 0 Å². The van der Waals surface area contributed by atoms with Crippen LogP contribution in [0.2, 0.25) is 0 Å². The number of nitrogens with one attached hydrogen (secondary N) is 2. The van der Waals surface area contributed by atoms with Crippen molar-refractivity contribution in [3.63, 3.8) is 0 Å². The van der Waals surface area contributed by atoms with E-state index in [1.807, 2.05) is 17.5 Å². The van der Waals surface area contributed by atoms with Gasteiger partial charge in [-0.15, -0.1) is 11.3 Å². The molecule has 0 saturated carbocycles. The molecule has 2 aromatic carbocycles. The molecule has 0 radical (unpaired) electrons. The number of benzene rings is 2. The van der Waals surface area contributed by atoms with Gasteiger partial charge in [-0.3, -0.25) is 4.79 Å². The van der Waals surface area contributed by atoms with E-state index in [0.717, 1.165) is 50.3 Å². The Balaban J connectivity index is 1.46. The quantitative estimate of drug-likeness (QED) is 0.474. The highest BCUT2D eigenvalue weighted by Crippen LogP contribution is 2.26. The maximum Gasteiger partial charge on any atom is 0.243 e. The summed E-state index contributed by atoms with van der Waals surface area (Å²) in [6.07, 6.45) is 0. The zero-order chi connectivity index (χ0) is 21.3. The number of likely N-dealkylation sites (N-methyl/N-ethyl adjacent to an activating group) is 1. The number of anilines is 1. The number of H-pyrrole nitrogens is 1. The van der Waals surface area contributed by atoms with Gasteiger partial charge in [0.2, 0.25) is 15.9 Å². The largest absolute Gasteiger partial charge is 0.337 e. The van der Waals surface area contributed by atoms with Gasteiger partial charge in [0, 0.05) is 12.7 Å². The van der Waals surface area contributed by atoms with Crippen LogP contribution in [0.3, 0.4) is 0 Å². The summed E-state index contributed by atoms with van der Waals surface area (Å²) in [7, 11) is -2.61. The van der Waals surface area contributed by atoms with Gasteiger partial charge in [-0.25, -0.2) is 17.8 Å². The molecule has 0 spiro atoms. The molecule has 0 fully saturated rings. The SMILES string of the molecule is CN(CC(=O)Nc1ccc2nc(-c3cccs3)[nH]c2c1)S(=O)(=O)c1ccc(F)cc1. The van der Waals surface area contributed by atoms with Crippen LogP contribution in [0, 0.1) is 5.82 Å². The topological polar surface area (TPSA) is 95.2 Å². The zero-order valence-electron chi connectivity index (χ0n) is 15.8. The number of carbonyl (C=O) groups is 1. The summed E-state index contributed by atoms with van der Waals surface area (Å²) >= 11 is 1.57. The highest BCUT2D eigenvalue weighted by molar-refractivity contribution is 7.89. The zero-order valence-corrected chi connectivity index (χ0v) is 17.4. The van der Waals surface area contributed by atoms with Crippen molar-refractivity contribution in [2.45, 2.75) is 4.90 Å². The number of thiophene rings is 1. The molecule has 1 amide bonds. The van der Waals surface area contributed by atoms with Gasteiger partial charge in [0.1, 0.15) is 11.6 Å². The van der Waals surface area contributed by atoms with Gasteiger partial charge in [0.15, 0.2) is 0 Å². The van der Waals surface area contributed by atoms with Crippen LogP contribution in [-0.2, 0) is 14.8 Å². The molecule has 4 rings (SSSR count). The molecule has 154 valence electrons. The van der Waals surface area contributed by atoms with Crippen LogP contribution in [0.15, 0.2) is 64.9 Å². The Morgan fingerprint density at radius 2 is 1.97 bits per heavy atom. The van der Waals surface area contributed by atoms with Crippen LogP contribution >= 0.6 is 11.3 Å². The number of fused-ring (bicyclic) bond motifs is 1. The minimum absolute atomic E-state index is 0.0841. The van der Waals surface area contributed by atoms with Crippen molar-refractivity contribution in [3.05, 3.63) is 65.8 Å². The third kappa shape index (κ3) is 4.11. The molecule has 0 aliphatic carbocycles. The minimum atomic E-state index is -3.91. The maximum absolute atomic E-state index is 13.0. The average molecular weight is 445 g/mol. The van der Waals surface area contributed by atoms with Crippen molar-refractivity contribution in [2.75, 3.05) is 18.9 Å². The van der Waals surface area contributed by atoms with Crippen LogP contribution in [-0.4, -0.2) is 42.2 Å². The third-order valence-electron chi connectivity index (χ3n) is 4.41. The molecule has 2 heterocycles. The highest BCUT2D eigenvalue weighted by atomic mass is 32.2. The van der Waals surface area contributed by atoms with E-state index in [0.29, 0.717) is 5.69 Å². The molecular formula is C20H17FN4O3S2. The van der Waals surface area contributed by atoms with Gasteiger partial charge in [-0.1, -0.05) is 6.07 Å². The fourth-order valence-electron chi connectivity index (χ4n) is 2.89. The monoisotopic (exact) mass is 444 g/mol. The first-order valence-corrected chi connectivity index (χ1v) is 11.2. The second-order valence-electron chi connectivity index (χ2n) is 6.56. The molecule has 2 aromatic heterocycles. The predicted molar refractivity (Wildman–Crippen MR) is 114 cm³/mol. The van der Waals surface area contributed by atoms with Crippen molar-refractivity contribution in [3.8, 4) is 10.7 Å². The molecule has 0 unspecified atom stereocenters. The van der Waals surface area contributed by atoms with Gasteiger partial charge in [0.05, 0.1) is 27.4 Å². The van der Waals surface area contributed by atoms with E-state index < -0.39 is 21.7 Å². The molecule has 0 bridgehead atoms. The number of halogens is 1. The van der Waals surface area contributed by atoms with Crippen molar-refractivity contribution in [2.24, 2.45) is 0 Å². The van der Waals surface area contributed by atoms with Crippen LogP contribution in [0.25, 0.3) is 21.7 Å². The van der Waals surface area contributed by atoms with E-state index in [9.17, 15) is 17.6 Å². The van der Waals surface area contributed by atoms with E-state index in [2.05, 4.69) is 15.3 Å². The molecule has 0 aliphatic heterocycles. The summed E-state index contributed by atoms with van der Waals surface area (Å²) in [6, 6.07) is 13.6. The Labute approximate surface area is 176 Å². The Bertz CT molecular complexity index is 1300. The fourth-order valence-corrected chi connectivity index (χ4v) is 4.69. The Morgan fingerprint density at radius 1 is 1.20 bits per heavy atom. The van der Waals surface area contributed by atoms with Crippen molar-refractivity contribution in [1.29, 1.82) is 0 Å². The average Bonchev–Trinajstić information content (AvgIpc) is 3.37. The number of hydrogen-bond acceptors (Lipinski definition) is 5. The summed E-state index contributed by atoms with van der Waals surface area (Å²) in [5, 5.41) is 4.65. The lowest BCUT2D eigenvalue weighted by Gasteiger charge is -2.17. The molecule has 0 atom stereocenters. The Hall–Kier alpha value is -3.08. The van der Waals surface area contributed by atoms with Gasteiger partial charge in [-0.2, -0.15) is 4.31 Å². The van der Waals surface area contributed by atoms with E-state index in [1.165, 1.54) is 7.05 Å². The first-order chi connectivity index (χ1) is 14.3. The first-order valence-electron chi connectivity index (χ1n) is 8.88.